The van der Waals surface area contributed by atoms with E-state index in [9.17, 15) is 19.1 Å². The summed E-state index contributed by atoms with van der Waals surface area (Å²) >= 11 is 0. The van der Waals surface area contributed by atoms with Gasteiger partial charge in [-0.25, -0.2) is 4.39 Å². The van der Waals surface area contributed by atoms with E-state index in [1.54, 1.807) is 19.1 Å². The first-order valence-corrected chi connectivity index (χ1v) is 7.97. The fraction of sp³-hybridized carbons (Fsp3) is 0.556. The first-order chi connectivity index (χ1) is 10.8. The summed E-state index contributed by atoms with van der Waals surface area (Å²) in [6.07, 6.45) is -0.0865. The van der Waals surface area contributed by atoms with E-state index in [0.717, 1.165) is 5.56 Å². The fourth-order valence-corrected chi connectivity index (χ4v) is 2.20. The second kappa shape index (κ2) is 9.40. The predicted molar refractivity (Wildman–Crippen MR) is 85.3 cm³/mol. The predicted octanol–water partition coefficient (Wildman–Crippen LogP) is 2.91. The number of ketones is 1. The van der Waals surface area contributed by atoms with Gasteiger partial charge in [-0.2, -0.15) is 0 Å². The van der Waals surface area contributed by atoms with Crippen molar-refractivity contribution < 1.29 is 23.8 Å². The van der Waals surface area contributed by atoms with Crippen LogP contribution < -0.4 is 0 Å². The fourth-order valence-electron chi connectivity index (χ4n) is 2.20. The molecule has 0 radical (unpaired) electrons. The molecule has 5 heteroatoms. The SMILES string of the molecule is CCOC(=O)C(CCc1ccc(F)cc1)C(=O)CC(O)C(C)C. The van der Waals surface area contributed by atoms with Crippen molar-refractivity contribution in [2.45, 2.75) is 46.1 Å². The van der Waals surface area contributed by atoms with Crippen LogP contribution in [0.25, 0.3) is 0 Å². The van der Waals surface area contributed by atoms with Crippen LogP contribution in [0.1, 0.15) is 39.2 Å². The topological polar surface area (TPSA) is 63.6 Å². The third-order valence-electron chi connectivity index (χ3n) is 3.77. The van der Waals surface area contributed by atoms with E-state index in [0.29, 0.717) is 6.42 Å². The Labute approximate surface area is 136 Å². The minimum Gasteiger partial charge on any atom is -0.465 e. The maximum atomic E-state index is 12.9. The molecule has 4 nitrogen and oxygen atoms in total. The van der Waals surface area contributed by atoms with E-state index >= 15 is 0 Å². The Kier molecular flexibility index (Phi) is 7.89. The second-order valence-corrected chi connectivity index (χ2v) is 5.95. The summed E-state index contributed by atoms with van der Waals surface area (Å²) < 4.78 is 17.9. The molecule has 0 saturated carbocycles. The van der Waals surface area contributed by atoms with Gasteiger partial charge in [-0.3, -0.25) is 9.59 Å². The monoisotopic (exact) mass is 324 g/mol. The Morgan fingerprint density at radius 1 is 1.22 bits per heavy atom. The lowest BCUT2D eigenvalue weighted by atomic mass is 9.90. The number of ether oxygens (including phenoxy) is 1. The molecule has 2 atom stereocenters. The van der Waals surface area contributed by atoms with Gasteiger partial charge in [-0.05, 0) is 43.4 Å². The molecule has 0 aliphatic heterocycles. The highest BCUT2D eigenvalue weighted by atomic mass is 19.1. The summed E-state index contributed by atoms with van der Waals surface area (Å²) in [6, 6.07) is 5.95. The molecule has 0 aromatic heterocycles. The van der Waals surface area contributed by atoms with Crippen LogP contribution in [0.2, 0.25) is 0 Å². The summed E-state index contributed by atoms with van der Waals surface area (Å²) in [7, 11) is 0. The van der Waals surface area contributed by atoms with Crippen LogP contribution in [0.15, 0.2) is 24.3 Å². The van der Waals surface area contributed by atoms with Gasteiger partial charge in [0.05, 0.1) is 12.7 Å². The maximum absolute atomic E-state index is 12.9. The normalized spacial score (nSPS) is 13.7. The van der Waals surface area contributed by atoms with Crippen LogP contribution in [0.5, 0.6) is 0 Å². The second-order valence-electron chi connectivity index (χ2n) is 5.95. The number of carbonyl (C=O) groups is 2. The van der Waals surface area contributed by atoms with Crippen molar-refractivity contribution in [2.24, 2.45) is 11.8 Å². The number of hydrogen-bond acceptors (Lipinski definition) is 4. The molecular formula is C18H25FO4. The largest absolute Gasteiger partial charge is 0.465 e. The number of benzene rings is 1. The van der Waals surface area contributed by atoms with Gasteiger partial charge in [0.1, 0.15) is 17.5 Å². The van der Waals surface area contributed by atoms with Crippen molar-refractivity contribution >= 4 is 11.8 Å². The Bertz CT molecular complexity index is 510. The Balaban J connectivity index is 2.73. The minimum atomic E-state index is -0.895. The summed E-state index contributed by atoms with van der Waals surface area (Å²) in [5.41, 5.74) is 0.845. The van der Waals surface area contributed by atoms with E-state index in [1.807, 2.05) is 13.8 Å². The molecule has 2 unspecified atom stereocenters. The molecule has 0 aliphatic carbocycles. The van der Waals surface area contributed by atoms with Crippen LogP contribution in [-0.2, 0) is 20.7 Å². The number of carbonyl (C=O) groups excluding carboxylic acids is 2. The van der Waals surface area contributed by atoms with Crippen LogP contribution in [0, 0.1) is 17.7 Å². The maximum Gasteiger partial charge on any atom is 0.316 e. The molecule has 0 amide bonds. The first-order valence-electron chi connectivity index (χ1n) is 7.97. The lowest BCUT2D eigenvalue weighted by Gasteiger charge is -2.18. The van der Waals surface area contributed by atoms with Crippen LogP contribution in [0.3, 0.4) is 0 Å². The van der Waals surface area contributed by atoms with E-state index in [4.69, 9.17) is 4.74 Å². The quantitative estimate of drug-likeness (QED) is 0.560. The number of Topliss-reactive ketones (excluding diaryl/α,β-unsaturated/α-hetero) is 1. The number of halogens is 1. The number of hydrogen-bond donors (Lipinski definition) is 1. The molecule has 1 rings (SSSR count). The summed E-state index contributed by atoms with van der Waals surface area (Å²) in [4.78, 5) is 24.4. The van der Waals surface area contributed by atoms with Gasteiger partial charge < -0.3 is 9.84 Å². The molecule has 1 aromatic rings. The number of rotatable bonds is 9. The Morgan fingerprint density at radius 3 is 2.35 bits per heavy atom. The zero-order valence-electron chi connectivity index (χ0n) is 13.9. The molecule has 0 spiro atoms. The summed E-state index contributed by atoms with van der Waals surface area (Å²) in [5, 5.41) is 9.86. The van der Waals surface area contributed by atoms with Crippen molar-refractivity contribution in [3.05, 3.63) is 35.6 Å². The van der Waals surface area contributed by atoms with Crippen molar-refractivity contribution in [3.8, 4) is 0 Å². The van der Waals surface area contributed by atoms with Gasteiger partial charge in [0.2, 0.25) is 0 Å². The lowest BCUT2D eigenvalue weighted by molar-refractivity contribution is -0.152. The highest BCUT2D eigenvalue weighted by Crippen LogP contribution is 2.18. The van der Waals surface area contributed by atoms with Gasteiger partial charge in [0.25, 0.3) is 0 Å². The molecular weight excluding hydrogens is 299 g/mol. The molecule has 128 valence electrons. The van der Waals surface area contributed by atoms with Crippen molar-refractivity contribution in [1.29, 1.82) is 0 Å². The van der Waals surface area contributed by atoms with Gasteiger partial charge in [-0.15, -0.1) is 0 Å². The molecule has 0 fully saturated rings. The molecule has 0 saturated heterocycles. The number of aryl methyl sites for hydroxylation is 1. The number of aliphatic hydroxyl groups is 1. The first kappa shape index (κ1) is 19.3. The molecule has 0 heterocycles. The van der Waals surface area contributed by atoms with Gasteiger partial charge in [0, 0.05) is 6.42 Å². The zero-order valence-corrected chi connectivity index (χ0v) is 13.9. The Hall–Kier alpha value is -1.75. The average molecular weight is 324 g/mol. The lowest BCUT2D eigenvalue weighted by Crippen LogP contribution is -2.31. The third-order valence-corrected chi connectivity index (χ3v) is 3.77. The van der Waals surface area contributed by atoms with E-state index in [2.05, 4.69) is 0 Å². The van der Waals surface area contributed by atoms with Gasteiger partial charge in [0.15, 0.2) is 0 Å². The van der Waals surface area contributed by atoms with E-state index < -0.39 is 18.0 Å². The van der Waals surface area contributed by atoms with Crippen LogP contribution in [-0.4, -0.2) is 29.6 Å². The molecule has 1 N–H and O–H groups in total. The number of aliphatic hydroxyl groups excluding tert-OH is 1. The Morgan fingerprint density at radius 2 is 1.83 bits per heavy atom. The van der Waals surface area contributed by atoms with Crippen molar-refractivity contribution in [3.63, 3.8) is 0 Å². The third kappa shape index (κ3) is 6.48. The average Bonchev–Trinajstić information content (AvgIpc) is 2.49. The molecule has 1 aromatic carbocycles. The minimum absolute atomic E-state index is 0.0566. The van der Waals surface area contributed by atoms with Crippen LogP contribution in [0.4, 0.5) is 4.39 Å². The number of esters is 1. The summed E-state index contributed by atoms with van der Waals surface area (Å²) in [6.45, 7) is 5.51. The zero-order chi connectivity index (χ0) is 17.4. The summed E-state index contributed by atoms with van der Waals surface area (Å²) in [5.74, 6) is -2.15. The standard InChI is InChI=1S/C18H25FO4/c1-4-23-18(22)15(17(21)11-16(20)12(2)3)10-7-13-5-8-14(19)9-6-13/h5-6,8-9,12,15-16,20H,4,7,10-11H2,1-3H3. The van der Waals surface area contributed by atoms with E-state index in [-0.39, 0.29) is 37.0 Å². The van der Waals surface area contributed by atoms with Crippen molar-refractivity contribution in [1.82, 2.24) is 0 Å². The molecule has 0 aliphatic rings. The van der Waals surface area contributed by atoms with E-state index in [1.165, 1.54) is 12.1 Å². The highest BCUT2D eigenvalue weighted by Gasteiger charge is 2.29. The molecule has 23 heavy (non-hydrogen) atoms. The van der Waals surface area contributed by atoms with Crippen molar-refractivity contribution in [2.75, 3.05) is 6.61 Å². The highest BCUT2D eigenvalue weighted by molar-refractivity contribution is 5.99. The molecule has 0 bridgehead atoms. The van der Waals surface area contributed by atoms with Gasteiger partial charge in [-0.1, -0.05) is 26.0 Å². The van der Waals surface area contributed by atoms with Crippen LogP contribution >= 0.6 is 0 Å². The van der Waals surface area contributed by atoms with Gasteiger partial charge >= 0.3 is 5.97 Å². The smallest absolute Gasteiger partial charge is 0.316 e.